The van der Waals surface area contributed by atoms with Crippen LogP contribution in [0.5, 0.6) is 11.5 Å². The van der Waals surface area contributed by atoms with Crippen LogP contribution in [-0.2, 0) is 14.9 Å². The van der Waals surface area contributed by atoms with Crippen LogP contribution in [0.4, 0.5) is 11.4 Å². The van der Waals surface area contributed by atoms with Crippen molar-refractivity contribution in [1.29, 1.82) is 0 Å². The molecule has 0 aliphatic carbocycles. The van der Waals surface area contributed by atoms with Gasteiger partial charge in [0.15, 0.2) is 0 Å². The maximum Gasteiger partial charge on any atom is 0.343 e. The van der Waals surface area contributed by atoms with Crippen molar-refractivity contribution in [3.8, 4) is 11.5 Å². The third-order valence-electron chi connectivity index (χ3n) is 8.14. The molecular weight excluding hydrogens is 544 g/mol. The van der Waals surface area contributed by atoms with Gasteiger partial charge >= 0.3 is 11.9 Å². The molecule has 0 saturated carbocycles. The zero-order valence-electron chi connectivity index (χ0n) is 24.3. The first-order valence-electron chi connectivity index (χ1n) is 14.1. The van der Waals surface area contributed by atoms with Gasteiger partial charge in [-0.1, -0.05) is 55.1 Å². The van der Waals surface area contributed by atoms with Gasteiger partial charge in [-0.25, -0.2) is 9.59 Å². The predicted molar refractivity (Wildman–Crippen MR) is 166 cm³/mol. The van der Waals surface area contributed by atoms with Gasteiger partial charge in [0, 0.05) is 24.7 Å². The minimum atomic E-state index is -0.910. The van der Waals surface area contributed by atoms with Crippen molar-refractivity contribution in [3.63, 3.8) is 0 Å². The van der Waals surface area contributed by atoms with Crippen molar-refractivity contribution in [3.05, 3.63) is 108 Å². The van der Waals surface area contributed by atoms with Gasteiger partial charge in [0.2, 0.25) is 5.72 Å². The van der Waals surface area contributed by atoms with Crippen molar-refractivity contribution < 1.29 is 28.5 Å². The predicted octanol–water partition coefficient (Wildman–Crippen LogP) is 6.64. The van der Waals surface area contributed by atoms with Crippen LogP contribution in [0.15, 0.2) is 96.5 Å². The highest BCUT2D eigenvalue weighted by Gasteiger charge is 2.59. The van der Waals surface area contributed by atoms with Crippen LogP contribution < -0.4 is 14.4 Å². The Morgan fingerprint density at radius 3 is 2.53 bits per heavy atom. The van der Waals surface area contributed by atoms with Crippen molar-refractivity contribution in [2.45, 2.75) is 25.0 Å². The molecule has 2 heterocycles. The molecule has 4 aromatic carbocycles. The van der Waals surface area contributed by atoms with Gasteiger partial charge in [0.25, 0.3) is 0 Å². The second-order valence-electron chi connectivity index (χ2n) is 11.0. The average Bonchev–Trinajstić information content (AvgIpc) is 3.20. The summed E-state index contributed by atoms with van der Waals surface area (Å²) >= 11 is 0. The third-order valence-corrected chi connectivity index (χ3v) is 8.14. The van der Waals surface area contributed by atoms with Gasteiger partial charge in [-0.2, -0.15) is 0 Å². The fraction of sp³-hybridized carbons (Fsp3) is 0.229. The van der Waals surface area contributed by atoms with E-state index in [1.165, 1.54) is 6.08 Å². The standard InChI is InChI=1S/C35H32N2O6/c1-5-18-41-33(39)26-21-25-24(20-30(26)42-32(38)23-11-7-6-8-12-23)15-16-29-31(25)36-22-35(43-29)34(2,3)27-13-9-10-14-28(27)37(35)17-19-40-4/h5-16,20-22H,1,17-19H2,2-4H3. The quantitative estimate of drug-likeness (QED) is 0.132. The highest BCUT2D eigenvalue weighted by Crippen LogP contribution is 2.54. The number of carbonyl (C=O) groups excluding carboxylic acids is 2. The first-order valence-corrected chi connectivity index (χ1v) is 14.1. The van der Waals surface area contributed by atoms with E-state index in [1.54, 1.807) is 43.5 Å². The molecule has 1 spiro atoms. The summed E-state index contributed by atoms with van der Waals surface area (Å²) in [5, 5.41) is 1.38. The summed E-state index contributed by atoms with van der Waals surface area (Å²) in [6.45, 7) is 9.04. The minimum Gasteiger partial charge on any atom is -0.459 e. The molecule has 218 valence electrons. The molecule has 0 amide bonds. The van der Waals surface area contributed by atoms with E-state index in [0.29, 0.717) is 35.5 Å². The second kappa shape index (κ2) is 11.0. The fourth-order valence-electron chi connectivity index (χ4n) is 5.90. The van der Waals surface area contributed by atoms with Crippen LogP contribution in [0.1, 0.15) is 40.1 Å². The van der Waals surface area contributed by atoms with Crippen LogP contribution in [-0.4, -0.2) is 50.7 Å². The zero-order valence-corrected chi connectivity index (χ0v) is 24.3. The molecule has 0 radical (unpaired) electrons. The van der Waals surface area contributed by atoms with Crippen LogP contribution in [0.3, 0.4) is 0 Å². The molecule has 2 aliphatic heterocycles. The molecule has 0 aromatic heterocycles. The summed E-state index contributed by atoms with van der Waals surface area (Å²) < 4.78 is 23.4. The van der Waals surface area contributed by atoms with E-state index in [-0.39, 0.29) is 17.9 Å². The van der Waals surface area contributed by atoms with E-state index in [1.807, 2.05) is 36.5 Å². The highest BCUT2D eigenvalue weighted by atomic mass is 16.5. The Labute approximate surface area is 250 Å². The average molecular weight is 577 g/mol. The summed E-state index contributed by atoms with van der Waals surface area (Å²) in [4.78, 5) is 33.3. The number of carbonyl (C=O) groups is 2. The summed E-state index contributed by atoms with van der Waals surface area (Å²) in [6, 6.07) is 23.9. The Bertz CT molecular complexity index is 1760. The summed E-state index contributed by atoms with van der Waals surface area (Å²) in [6.07, 6.45) is 3.33. The van der Waals surface area contributed by atoms with Gasteiger partial charge in [-0.3, -0.25) is 4.99 Å². The first-order chi connectivity index (χ1) is 20.8. The third kappa shape index (κ3) is 4.64. The van der Waals surface area contributed by atoms with E-state index in [4.69, 9.17) is 23.9 Å². The number of hydrogen-bond donors (Lipinski definition) is 0. The maximum absolute atomic E-state index is 13.2. The lowest BCUT2D eigenvalue weighted by molar-refractivity contribution is 0.0543. The Hall–Kier alpha value is -4.95. The molecule has 2 aliphatic rings. The number of hydrogen-bond acceptors (Lipinski definition) is 8. The normalized spacial score (nSPS) is 17.7. The van der Waals surface area contributed by atoms with Crippen molar-refractivity contribution in [2.75, 3.05) is 31.8 Å². The number of benzene rings is 4. The second-order valence-corrected chi connectivity index (χ2v) is 11.0. The van der Waals surface area contributed by atoms with Gasteiger partial charge in [0.05, 0.1) is 23.8 Å². The molecule has 43 heavy (non-hydrogen) atoms. The van der Waals surface area contributed by atoms with E-state index in [0.717, 1.165) is 16.6 Å². The minimum absolute atomic E-state index is 0.00652. The molecule has 0 saturated heterocycles. The van der Waals surface area contributed by atoms with Crippen LogP contribution in [0, 0.1) is 0 Å². The Balaban J connectivity index is 1.45. The number of ether oxygens (including phenoxy) is 4. The topological polar surface area (TPSA) is 86.7 Å². The molecule has 8 heteroatoms. The molecule has 8 nitrogen and oxygen atoms in total. The van der Waals surface area contributed by atoms with Crippen molar-refractivity contribution in [1.82, 2.24) is 0 Å². The number of fused-ring (bicyclic) bond motifs is 4. The number of aliphatic imine (C=N–C) groups is 1. The number of rotatable bonds is 8. The zero-order chi connectivity index (χ0) is 30.2. The van der Waals surface area contributed by atoms with Gasteiger partial charge < -0.3 is 23.8 Å². The van der Waals surface area contributed by atoms with E-state index in [2.05, 4.69) is 37.5 Å². The van der Waals surface area contributed by atoms with Crippen LogP contribution in [0.25, 0.3) is 10.8 Å². The molecule has 6 rings (SSSR count). The number of nitrogens with zero attached hydrogens (tertiary/aromatic N) is 2. The molecule has 4 aromatic rings. The summed E-state index contributed by atoms with van der Waals surface area (Å²) in [5.41, 5.74) is 1.88. The highest BCUT2D eigenvalue weighted by molar-refractivity contribution is 6.06. The molecule has 0 N–H and O–H groups in total. The lowest BCUT2D eigenvalue weighted by Gasteiger charge is -2.46. The lowest BCUT2D eigenvalue weighted by Crippen LogP contribution is -2.62. The van der Waals surface area contributed by atoms with E-state index in [9.17, 15) is 9.59 Å². The Morgan fingerprint density at radius 2 is 1.77 bits per heavy atom. The van der Waals surface area contributed by atoms with Gasteiger partial charge in [-0.15, -0.1) is 0 Å². The number of esters is 2. The Kier molecular flexibility index (Phi) is 7.23. The van der Waals surface area contributed by atoms with Crippen molar-refractivity contribution in [2.24, 2.45) is 4.99 Å². The Morgan fingerprint density at radius 1 is 1.00 bits per heavy atom. The molecule has 0 bridgehead atoms. The van der Waals surface area contributed by atoms with E-state index >= 15 is 0 Å². The molecule has 0 fully saturated rings. The summed E-state index contributed by atoms with van der Waals surface area (Å²) in [7, 11) is 1.68. The molecule has 1 atom stereocenters. The monoisotopic (exact) mass is 576 g/mol. The molecular formula is C35H32N2O6. The van der Waals surface area contributed by atoms with E-state index < -0.39 is 23.1 Å². The smallest absolute Gasteiger partial charge is 0.343 e. The summed E-state index contributed by atoms with van der Waals surface area (Å²) in [5.74, 6) is -0.577. The van der Waals surface area contributed by atoms with Crippen molar-refractivity contribution >= 4 is 40.3 Å². The number of anilines is 1. The SMILES string of the molecule is C=CCOC(=O)c1cc2c3c(ccc2cc1OC(=O)c1ccccc1)OC1(C=N3)N(CCOC)c2ccccc2C1(C)C. The largest absolute Gasteiger partial charge is 0.459 e. The fourth-order valence-corrected chi connectivity index (χ4v) is 5.90. The van der Waals surface area contributed by atoms with Gasteiger partial charge in [-0.05, 0) is 61.2 Å². The van der Waals surface area contributed by atoms with Crippen LogP contribution in [0.2, 0.25) is 0 Å². The molecule has 1 unspecified atom stereocenters. The number of para-hydroxylation sites is 1. The maximum atomic E-state index is 13.2. The van der Waals surface area contributed by atoms with Gasteiger partial charge in [0.1, 0.15) is 29.4 Å². The number of methoxy groups -OCH3 is 1. The lowest BCUT2D eigenvalue weighted by atomic mass is 9.77. The first kappa shape index (κ1) is 28.2. The van der Waals surface area contributed by atoms with Crippen LogP contribution >= 0.6 is 0 Å².